The van der Waals surface area contributed by atoms with E-state index in [2.05, 4.69) is 16.8 Å². The van der Waals surface area contributed by atoms with Crippen LogP contribution >= 0.6 is 11.6 Å². The maximum absolute atomic E-state index is 11.4. The molecule has 1 aliphatic heterocycles. The van der Waals surface area contributed by atoms with Crippen molar-refractivity contribution < 1.29 is 9.21 Å². The molecule has 22 heavy (non-hydrogen) atoms. The average molecular weight is 320 g/mol. The molecule has 5 nitrogen and oxygen atoms in total. The van der Waals surface area contributed by atoms with Gasteiger partial charge < -0.3 is 10.2 Å². The number of oxazole rings is 1. The molecule has 6 heteroatoms. The molecule has 1 aliphatic rings. The monoisotopic (exact) mass is 319 g/mol. The zero-order valence-corrected chi connectivity index (χ0v) is 13.1. The lowest BCUT2D eigenvalue weighted by atomic mass is 9.98. The first kappa shape index (κ1) is 15.1. The Balaban J connectivity index is 1.69. The van der Waals surface area contributed by atoms with Crippen LogP contribution in [0.4, 0.5) is 0 Å². The van der Waals surface area contributed by atoms with E-state index in [0.29, 0.717) is 24.0 Å². The predicted molar refractivity (Wildman–Crippen MR) is 84.1 cm³/mol. The molecule has 1 amide bonds. The number of amides is 1. The first-order valence-electron chi connectivity index (χ1n) is 7.25. The third-order valence-electron chi connectivity index (χ3n) is 4.06. The Kier molecular flexibility index (Phi) is 4.18. The van der Waals surface area contributed by atoms with Gasteiger partial charge in [-0.15, -0.1) is 0 Å². The number of aromatic nitrogens is 1. The van der Waals surface area contributed by atoms with Crippen molar-refractivity contribution in [1.29, 1.82) is 0 Å². The number of carbonyl (C=O) groups is 1. The van der Waals surface area contributed by atoms with E-state index in [0.717, 1.165) is 17.8 Å². The molecule has 0 spiro atoms. The molecule has 2 aromatic rings. The first-order valence-corrected chi connectivity index (χ1v) is 7.62. The second-order valence-corrected chi connectivity index (χ2v) is 6.27. The molecule has 0 unspecified atom stereocenters. The second-order valence-electron chi connectivity index (χ2n) is 5.83. The van der Waals surface area contributed by atoms with Crippen LogP contribution in [0.3, 0.4) is 0 Å². The minimum Gasteiger partial charge on any atom is -0.444 e. The summed E-state index contributed by atoms with van der Waals surface area (Å²) in [6.07, 6.45) is 1.65. The van der Waals surface area contributed by atoms with Gasteiger partial charge in [0.15, 0.2) is 0 Å². The molecule has 116 valence electrons. The summed E-state index contributed by atoms with van der Waals surface area (Å²) in [5.74, 6) is 0.516. The largest absolute Gasteiger partial charge is 0.444 e. The van der Waals surface area contributed by atoms with Crippen LogP contribution in [-0.4, -0.2) is 28.9 Å². The number of primary amides is 1. The van der Waals surface area contributed by atoms with E-state index in [4.69, 9.17) is 21.8 Å². The first-order chi connectivity index (χ1) is 10.5. The summed E-state index contributed by atoms with van der Waals surface area (Å²) < 4.78 is 5.53. The zero-order chi connectivity index (χ0) is 15.7. The van der Waals surface area contributed by atoms with Gasteiger partial charge in [0, 0.05) is 30.2 Å². The highest BCUT2D eigenvalue weighted by Gasteiger charge is 2.33. The molecule has 0 radical (unpaired) electrons. The van der Waals surface area contributed by atoms with Crippen LogP contribution in [0.1, 0.15) is 12.6 Å². The van der Waals surface area contributed by atoms with E-state index in [1.54, 1.807) is 6.26 Å². The molecule has 2 N–H and O–H groups in total. The molecule has 1 aromatic heterocycles. The van der Waals surface area contributed by atoms with Gasteiger partial charge >= 0.3 is 0 Å². The summed E-state index contributed by atoms with van der Waals surface area (Å²) in [7, 11) is 0. The Morgan fingerprint density at radius 2 is 2.32 bits per heavy atom. The van der Waals surface area contributed by atoms with Crippen LogP contribution < -0.4 is 5.73 Å². The smallest absolute Gasteiger partial charge is 0.226 e. The fourth-order valence-corrected chi connectivity index (χ4v) is 3.12. The number of rotatable bonds is 4. The molecule has 0 bridgehead atoms. The van der Waals surface area contributed by atoms with Gasteiger partial charge in [0.05, 0.1) is 11.6 Å². The van der Waals surface area contributed by atoms with Crippen molar-refractivity contribution in [2.45, 2.75) is 13.5 Å². The van der Waals surface area contributed by atoms with E-state index in [9.17, 15) is 4.79 Å². The number of nitrogens with two attached hydrogens (primary N) is 1. The highest BCUT2D eigenvalue weighted by atomic mass is 35.5. The van der Waals surface area contributed by atoms with Gasteiger partial charge in [-0.3, -0.25) is 9.69 Å². The molecular weight excluding hydrogens is 302 g/mol. The van der Waals surface area contributed by atoms with Crippen molar-refractivity contribution in [3.8, 4) is 11.5 Å². The van der Waals surface area contributed by atoms with E-state index >= 15 is 0 Å². The Morgan fingerprint density at radius 1 is 1.50 bits per heavy atom. The zero-order valence-electron chi connectivity index (χ0n) is 12.3. The summed E-state index contributed by atoms with van der Waals surface area (Å²) in [6, 6.07) is 7.40. The molecule has 1 saturated heterocycles. The molecular formula is C16H18ClN3O2. The number of benzene rings is 1. The number of halogens is 1. The number of likely N-dealkylation sites (tertiary alicyclic amines) is 1. The van der Waals surface area contributed by atoms with E-state index in [1.165, 1.54) is 0 Å². The van der Waals surface area contributed by atoms with E-state index in [-0.39, 0.29) is 17.7 Å². The van der Waals surface area contributed by atoms with Crippen molar-refractivity contribution in [3.63, 3.8) is 0 Å². The lowest BCUT2D eigenvalue weighted by molar-refractivity contribution is -0.122. The van der Waals surface area contributed by atoms with E-state index in [1.807, 2.05) is 24.3 Å². The van der Waals surface area contributed by atoms with Gasteiger partial charge in [-0.1, -0.05) is 24.6 Å². The van der Waals surface area contributed by atoms with Gasteiger partial charge in [-0.2, -0.15) is 0 Å². The van der Waals surface area contributed by atoms with E-state index < -0.39 is 0 Å². The third-order valence-corrected chi connectivity index (χ3v) is 4.30. The summed E-state index contributed by atoms with van der Waals surface area (Å²) in [6.45, 7) is 4.22. The van der Waals surface area contributed by atoms with Crippen LogP contribution in [0, 0.1) is 11.8 Å². The lowest BCUT2D eigenvalue weighted by Gasteiger charge is -2.12. The Morgan fingerprint density at radius 3 is 3.00 bits per heavy atom. The van der Waals surface area contributed by atoms with Crippen molar-refractivity contribution in [3.05, 3.63) is 41.2 Å². The van der Waals surface area contributed by atoms with Gasteiger partial charge in [0.1, 0.15) is 6.26 Å². The molecule has 1 fully saturated rings. The minimum absolute atomic E-state index is 0.0840. The quantitative estimate of drug-likeness (QED) is 0.940. The SMILES string of the molecule is C[C@@H]1CN(Cc2coc(-c3cccc(Cl)c3)n2)C[C@H]1C(N)=O. The van der Waals surface area contributed by atoms with Crippen LogP contribution in [0.15, 0.2) is 34.9 Å². The number of hydrogen-bond acceptors (Lipinski definition) is 4. The van der Waals surface area contributed by atoms with Gasteiger partial charge in [-0.05, 0) is 24.1 Å². The maximum Gasteiger partial charge on any atom is 0.226 e. The van der Waals surface area contributed by atoms with Gasteiger partial charge in [-0.25, -0.2) is 4.98 Å². The number of carbonyl (C=O) groups excluding carboxylic acids is 1. The summed E-state index contributed by atoms with van der Waals surface area (Å²) >= 11 is 5.98. The Hall–Kier alpha value is -1.85. The van der Waals surface area contributed by atoms with Crippen LogP contribution in [0.25, 0.3) is 11.5 Å². The molecule has 0 aliphatic carbocycles. The molecule has 2 heterocycles. The van der Waals surface area contributed by atoms with Crippen molar-refractivity contribution in [2.75, 3.05) is 13.1 Å². The molecule has 0 saturated carbocycles. The molecule has 1 aromatic carbocycles. The van der Waals surface area contributed by atoms with Crippen LogP contribution in [0.5, 0.6) is 0 Å². The number of nitrogens with zero attached hydrogens (tertiary/aromatic N) is 2. The molecule has 3 rings (SSSR count). The van der Waals surface area contributed by atoms with Crippen molar-refractivity contribution in [2.24, 2.45) is 17.6 Å². The molecule has 2 atom stereocenters. The van der Waals surface area contributed by atoms with Crippen LogP contribution in [-0.2, 0) is 11.3 Å². The maximum atomic E-state index is 11.4. The third kappa shape index (κ3) is 3.15. The average Bonchev–Trinajstić information content (AvgIpc) is 3.06. The van der Waals surface area contributed by atoms with Gasteiger partial charge in [0.2, 0.25) is 11.8 Å². The summed E-state index contributed by atoms with van der Waals surface area (Å²) in [5, 5.41) is 0.648. The van der Waals surface area contributed by atoms with Crippen molar-refractivity contribution >= 4 is 17.5 Å². The lowest BCUT2D eigenvalue weighted by Crippen LogP contribution is -2.29. The highest BCUT2D eigenvalue weighted by Crippen LogP contribution is 2.26. The normalized spacial score (nSPS) is 22.1. The standard InChI is InChI=1S/C16H18ClN3O2/c1-10-6-20(8-14(10)15(18)21)7-13-9-22-16(19-13)11-3-2-4-12(17)5-11/h2-5,9-10,14H,6-8H2,1H3,(H2,18,21)/t10-,14-/m1/s1. The Bertz CT molecular complexity index is 686. The fourth-order valence-electron chi connectivity index (χ4n) is 2.93. The second kappa shape index (κ2) is 6.10. The minimum atomic E-state index is -0.227. The van der Waals surface area contributed by atoms with Gasteiger partial charge in [0.25, 0.3) is 0 Å². The van der Waals surface area contributed by atoms with Crippen molar-refractivity contribution in [1.82, 2.24) is 9.88 Å². The topological polar surface area (TPSA) is 72.4 Å². The number of hydrogen-bond donors (Lipinski definition) is 1. The summed E-state index contributed by atoms with van der Waals surface area (Å²) in [4.78, 5) is 18.1. The summed E-state index contributed by atoms with van der Waals surface area (Å²) in [5.41, 5.74) is 7.12. The predicted octanol–water partition coefficient (Wildman–Crippen LogP) is 2.55. The Labute approximate surface area is 134 Å². The van der Waals surface area contributed by atoms with Crippen LogP contribution in [0.2, 0.25) is 5.02 Å². The highest BCUT2D eigenvalue weighted by molar-refractivity contribution is 6.30. The fraction of sp³-hybridized carbons (Fsp3) is 0.375.